The van der Waals surface area contributed by atoms with Crippen LogP contribution in [0.2, 0.25) is 0 Å². The van der Waals surface area contributed by atoms with Crippen LogP contribution in [0.3, 0.4) is 0 Å². The molecule has 100 valence electrons. The fourth-order valence-corrected chi connectivity index (χ4v) is 1.46. The second kappa shape index (κ2) is 10.1. The Morgan fingerprint density at radius 1 is 1.29 bits per heavy atom. The molecule has 0 radical (unpaired) electrons. The van der Waals surface area contributed by atoms with Crippen LogP contribution in [0.5, 0.6) is 0 Å². The van der Waals surface area contributed by atoms with E-state index in [1.165, 1.54) is 7.11 Å². The van der Waals surface area contributed by atoms with Crippen molar-refractivity contribution in [1.29, 1.82) is 0 Å². The predicted molar refractivity (Wildman–Crippen MR) is 66.4 cm³/mol. The van der Waals surface area contributed by atoms with Gasteiger partial charge in [-0.05, 0) is 19.3 Å². The molecule has 1 atom stereocenters. The zero-order chi connectivity index (χ0) is 13.1. The molecule has 0 fully saturated rings. The Morgan fingerprint density at radius 2 is 2.00 bits per heavy atom. The lowest BCUT2D eigenvalue weighted by molar-refractivity contribution is -0.140. The van der Waals surface area contributed by atoms with E-state index < -0.39 is 6.04 Å². The number of esters is 1. The molecule has 0 saturated carbocycles. The summed E-state index contributed by atoms with van der Waals surface area (Å²) in [5.74, 6) is -0.265. The molecule has 0 aromatic rings. The van der Waals surface area contributed by atoms with Gasteiger partial charge in [-0.15, -0.1) is 0 Å². The normalized spacial score (nSPS) is 11.9. The number of nitrogens with one attached hydrogen (secondary N) is 1. The topological polar surface area (TPSA) is 81.4 Å². The Balaban J connectivity index is 3.39. The lowest BCUT2D eigenvalue weighted by Gasteiger charge is -2.10. The number of rotatable bonds is 9. The van der Waals surface area contributed by atoms with Gasteiger partial charge in [-0.1, -0.05) is 19.8 Å². The van der Waals surface area contributed by atoms with Crippen LogP contribution in [0.4, 0.5) is 0 Å². The monoisotopic (exact) mass is 244 g/mol. The van der Waals surface area contributed by atoms with Crippen LogP contribution < -0.4 is 11.1 Å². The summed E-state index contributed by atoms with van der Waals surface area (Å²) < 4.78 is 4.53. The summed E-state index contributed by atoms with van der Waals surface area (Å²) in [6.07, 6.45) is 4.63. The van der Waals surface area contributed by atoms with Gasteiger partial charge >= 0.3 is 5.97 Å². The summed E-state index contributed by atoms with van der Waals surface area (Å²) in [6.45, 7) is 2.62. The van der Waals surface area contributed by atoms with Crippen molar-refractivity contribution < 1.29 is 14.3 Å². The van der Waals surface area contributed by atoms with Gasteiger partial charge < -0.3 is 15.8 Å². The van der Waals surface area contributed by atoms with Crippen molar-refractivity contribution in [3.8, 4) is 0 Å². The van der Waals surface area contributed by atoms with E-state index in [-0.39, 0.29) is 11.9 Å². The van der Waals surface area contributed by atoms with Gasteiger partial charge in [0.2, 0.25) is 5.91 Å². The van der Waals surface area contributed by atoms with Crippen molar-refractivity contribution >= 4 is 11.9 Å². The molecule has 0 aromatic carbocycles. The largest absolute Gasteiger partial charge is 0.469 e. The first-order chi connectivity index (χ1) is 8.11. The molecule has 0 aromatic heterocycles. The third-order valence-corrected chi connectivity index (χ3v) is 2.52. The van der Waals surface area contributed by atoms with Gasteiger partial charge in [0.05, 0.1) is 13.2 Å². The minimum absolute atomic E-state index is 0.0835. The molecule has 5 nitrogen and oxygen atoms in total. The maximum Gasteiger partial charge on any atom is 0.305 e. The smallest absolute Gasteiger partial charge is 0.305 e. The minimum Gasteiger partial charge on any atom is -0.469 e. The van der Waals surface area contributed by atoms with Crippen molar-refractivity contribution in [2.75, 3.05) is 13.7 Å². The van der Waals surface area contributed by atoms with Crippen LogP contribution in [0, 0.1) is 0 Å². The molecular weight excluding hydrogens is 220 g/mol. The summed E-state index contributed by atoms with van der Waals surface area (Å²) in [7, 11) is 1.39. The van der Waals surface area contributed by atoms with E-state index in [9.17, 15) is 9.59 Å². The van der Waals surface area contributed by atoms with E-state index in [1.54, 1.807) is 0 Å². The van der Waals surface area contributed by atoms with Gasteiger partial charge in [-0.3, -0.25) is 9.59 Å². The maximum absolute atomic E-state index is 11.4. The molecule has 0 heterocycles. The van der Waals surface area contributed by atoms with Crippen molar-refractivity contribution in [3.05, 3.63) is 0 Å². The molecule has 0 rings (SSSR count). The van der Waals surface area contributed by atoms with Gasteiger partial charge in [0.25, 0.3) is 0 Å². The van der Waals surface area contributed by atoms with Gasteiger partial charge in [-0.25, -0.2) is 0 Å². The zero-order valence-electron chi connectivity index (χ0n) is 10.8. The Labute approximate surface area is 103 Å². The lowest BCUT2D eigenvalue weighted by Crippen LogP contribution is -2.40. The van der Waals surface area contributed by atoms with Crippen molar-refractivity contribution in [2.24, 2.45) is 5.73 Å². The molecule has 0 saturated heterocycles. The number of amides is 1. The minimum atomic E-state index is -0.393. The highest BCUT2D eigenvalue weighted by Gasteiger charge is 2.10. The standard InChI is InChI=1S/C12H24N2O3/c1-3-7-10(13)12(16)14-9-6-4-5-8-11(15)17-2/h10H,3-9,13H2,1-2H3,(H,14,16). The van der Waals surface area contributed by atoms with Gasteiger partial charge in [0.1, 0.15) is 0 Å². The fourth-order valence-electron chi connectivity index (χ4n) is 1.46. The van der Waals surface area contributed by atoms with Crippen LogP contribution >= 0.6 is 0 Å². The Morgan fingerprint density at radius 3 is 2.59 bits per heavy atom. The van der Waals surface area contributed by atoms with Crippen molar-refractivity contribution in [1.82, 2.24) is 5.32 Å². The zero-order valence-corrected chi connectivity index (χ0v) is 10.8. The maximum atomic E-state index is 11.4. The van der Waals surface area contributed by atoms with E-state index in [4.69, 9.17) is 5.73 Å². The molecule has 1 amide bonds. The summed E-state index contributed by atoms with van der Waals surface area (Å²) in [4.78, 5) is 22.2. The Hall–Kier alpha value is -1.10. The third-order valence-electron chi connectivity index (χ3n) is 2.52. The van der Waals surface area contributed by atoms with Crippen LogP contribution in [-0.4, -0.2) is 31.6 Å². The highest BCUT2D eigenvalue weighted by atomic mass is 16.5. The first kappa shape index (κ1) is 15.9. The lowest BCUT2D eigenvalue weighted by atomic mass is 10.1. The molecule has 1 unspecified atom stereocenters. The molecule has 0 spiro atoms. The molecular formula is C12H24N2O3. The average Bonchev–Trinajstić information content (AvgIpc) is 2.33. The summed E-state index contributed by atoms with van der Waals surface area (Å²) in [5, 5.41) is 2.79. The Kier molecular flexibility index (Phi) is 9.43. The van der Waals surface area contributed by atoms with Gasteiger partial charge in [0, 0.05) is 13.0 Å². The van der Waals surface area contributed by atoms with E-state index in [0.29, 0.717) is 19.4 Å². The molecule has 0 aliphatic rings. The van der Waals surface area contributed by atoms with Crippen LogP contribution in [0.15, 0.2) is 0 Å². The quantitative estimate of drug-likeness (QED) is 0.467. The second-order valence-electron chi connectivity index (χ2n) is 4.07. The van der Waals surface area contributed by atoms with Gasteiger partial charge in [-0.2, -0.15) is 0 Å². The second-order valence-corrected chi connectivity index (χ2v) is 4.07. The number of hydrogen-bond acceptors (Lipinski definition) is 4. The predicted octanol–water partition coefficient (Wildman–Crippen LogP) is 0.963. The number of methoxy groups -OCH3 is 1. The van der Waals surface area contributed by atoms with Crippen LogP contribution in [0.1, 0.15) is 45.4 Å². The van der Waals surface area contributed by atoms with Crippen LogP contribution in [-0.2, 0) is 14.3 Å². The summed E-state index contributed by atoms with van der Waals surface area (Å²) in [5.41, 5.74) is 5.65. The fraction of sp³-hybridized carbons (Fsp3) is 0.833. The third kappa shape index (κ3) is 8.68. The van der Waals surface area contributed by atoms with E-state index in [1.807, 2.05) is 6.92 Å². The number of hydrogen-bond donors (Lipinski definition) is 2. The van der Waals surface area contributed by atoms with Crippen molar-refractivity contribution in [3.63, 3.8) is 0 Å². The summed E-state index contributed by atoms with van der Waals surface area (Å²) in [6, 6.07) is -0.393. The number of ether oxygens (including phenoxy) is 1. The summed E-state index contributed by atoms with van der Waals surface area (Å²) >= 11 is 0. The molecule has 0 bridgehead atoms. The van der Waals surface area contributed by atoms with E-state index in [0.717, 1.165) is 25.7 Å². The highest BCUT2D eigenvalue weighted by molar-refractivity contribution is 5.81. The van der Waals surface area contributed by atoms with Crippen LogP contribution in [0.25, 0.3) is 0 Å². The molecule has 5 heteroatoms. The SMILES string of the molecule is CCCC(N)C(=O)NCCCCCC(=O)OC. The highest BCUT2D eigenvalue weighted by Crippen LogP contribution is 2.00. The van der Waals surface area contributed by atoms with E-state index in [2.05, 4.69) is 10.1 Å². The molecule has 3 N–H and O–H groups in total. The number of carbonyl (C=O) groups is 2. The first-order valence-corrected chi connectivity index (χ1v) is 6.22. The number of carbonyl (C=O) groups excluding carboxylic acids is 2. The molecule has 17 heavy (non-hydrogen) atoms. The average molecular weight is 244 g/mol. The molecule has 0 aliphatic heterocycles. The van der Waals surface area contributed by atoms with Gasteiger partial charge in [0.15, 0.2) is 0 Å². The number of unbranched alkanes of at least 4 members (excludes halogenated alkanes) is 2. The Bertz CT molecular complexity index is 232. The van der Waals surface area contributed by atoms with Crippen molar-refractivity contribution in [2.45, 2.75) is 51.5 Å². The van der Waals surface area contributed by atoms with E-state index >= 15 is 0 Å². The number of nitrogens with two attached hydrogens (primary N) is 1. The molecule has 0 aliphatic carbocycles. The first-order valence-electron chi connectivity index (χ1n) is 6.22.